The molecule has 0 radical (unpaired) electrons. The van der Waals surface area contributed by atoms with Crippen LogP contribution in [0, 0.1) is 0 Å². The molecule has 1 aromatic rings. The van der Waals surface area contributed by atoms with Gasteiger partial charge in [0.05, 0.1) is 10.5 Å². The quantitative estimate of drug-likeness (QED) is 0.846. The molecular formula is C13H13F3O4S. The van der Waals surface area contributed by atoms with Crippen molar-refractivity contribution >= 4 is 15.8 Å². The molecule has 0 atom stereocenters. The summed E-state index contributed by atoms with van der Waals surface area (Å²) in [6, 6.07) is 3.00. The van der Waals surface area contributed by atoms with Gasteiger partial charge < -0.3 is 5.11 Å². The summed E-state index contributed by atoms with van der Waals surface area (Å²) in [6.07, 6.45) is -1.42. The summed E-state index contributed by atoms with van der Waals surface area (Å²) in [4.78, 5) is 9.48. The molecule has 21 heavy (non-hydrogen) atoms. The van der Waals surface area contributed by atoms with Crippen LogP contribution >= 0.6 is 0 Å². The molecule has 1 N–H and O–H groups in total. The van der Waals surface area contributed by atoms with Crippen LogP contribution < -0.4 is 0 Å². The summed E-state index contributed by atoms with van der Waals surface area (Å²) in [6.45, 7) is 0. The average molecular weight is 322 g/mol. The van der Waals surface area contributed by atoms with Crippen molar-refractivity contribution in [1.29, 1.82) is 0 Å². The van der Waals surface area contributed by atoms with Crippen molar-refractivity contribution in [2.24, 2.45) is 0 Å². The van der Waals surface area contributed by atoms with E-state index in [1.807, 2.05) is 0 Å². The second kappa shape index (κ2) is 6.30. The zero-order valence-electron chi connectivity index (χ0n) is 11.0. The van der Waals surface area contributed by atoms with E-state index in [9.17, 15) is 26.4 Å². The number of carboxylic acid groups (broad SMARTS) is 1. The standard InChI is InChI=1S/C13H13F3O4S/c1-21(19,20)11-7-6-9(4-2-3-5-12(17)18)8-10(11)13(14,15)16/h3,5-8H,2,4H2,1H3,(H,17,18)/b5-3+. The van der Waals surface area contributed by atoms with Crippen LogP contribution in [-0.4, -0.2) is 25.7 Å². The first kappa shape index (κ1) is 17.2. The summed E-state index contributed by atoms with van der Waals surface area (Å²) in [7, 11) is -3.98. The number of sulfone groups is 1. The van der Waals surface area contributed by atoms with Crippen molar-refractivity contribution in [3.05, 3.63) is 41.5 Å². The van der Waals surface area contributed by atoms with E-state index in [1.54, 1.807) is 0 Å². The van der Waals surface area contributed by atoms with Gasteiger partial charge in [0.25, 0.3) is 0 Å². The van der Waals surface area contributed by atoms with Gasteiger partial charge in [-0.1, -0.05) is 12.1 Å². The van der Waals surface area contributed by atoms with Crippen molar-refractivity contribution < 1.29 is 31.5 Å². The second-order valence-corrected chi connectivity index (χ2v) is 6.36. The highest BCUT2D eigenvalue weighted by atomic mass is 32.2. The molecular weight excluding hydrogens is 309 g/mol. The lowest BCUT2D eigenvalue weighted by molar-refractivity contribution is -0.140. The molecule has 1 rings (SSSR count). The number of hydrogen-bond acceptors (Lipinski definition) is 3. The van der Waals surface area contributed by atoms with Gasteiger partial charge in [-0.15, -0.1) is 0 Å². The normalized spacial score (nSPS) is 12.8. The van der Waals surface area contributed by atoms with Crippen LogP contribution in [0.1, 0.15) is 17.5 Å². The number of carbonyl (C=O) groups is 1. The Hall–Kier alpha value is -1.83. The predicted octanol–water partition coefficient (Wildman–Crippen LogP) is 2.68. The molecule has 0 aromatic heterocycles. The number of allylic oxidation sites excluding steroid dienone is 1. The molecule has 0 unspecified atom stereocenters. The minimum atomic E-state index is -4.77. The molecule has 116 valence electrons. The lowest BCUT2D eigenvalue weighted by atomic mass is 10.1. The van der Waals surface area contributed by atoms with Crippen molar-refractivity contribution in [1.82, 2.24) is 0 Å². The van der Waals surface area contributed by atoms with E-state index >= 15 is 0 Å². The fourth-order valence-corrected chi connectivity index (χ4v) is 2.60. The van der Waals surface area contributed by atoms with Crippen LogP contribution in [0.2, 0.25) is 0 Å². The lowest BCUT2D eigenvalue weighted by Gasteiger charge is -2.13. The molecule has 0 spiro atoms. The fourth-order valence-electron chi connectivity index (χ4n) is 1.71. The van der Waals surface area contributed by atoms with Crippen LogP contribution in [0.25, 0.3) is 0 Å². The highest BCUT2D eigenvalue weighted by Crippen LogP contribution is 2.35. The number of carboxylic acids is 1. The molecule has 8 heteroatoms. The van der Waals surface area contributed by atoms with Crippen molar-refractivity contribution in [3.8, 4) is 0 Å². The molecule has 0 heterocycles. The Morgan fingerprint density at radius 2 is 1.95 bits per heavy atom. The second-order valence-electron chi connectivity index (χ2n) is 4.38. The maximum Gasteiger partial charge on any atom is 0.417 e. The summed E-state index contributed by atoms with van der Waals surface area (Å²) < 4.78 is 61.4. The molecule has 0 bridgehead atoms. The fraction of sp³-hybridized carbons (Fsp3) is 0.308. The minimum absolute atomic E-state index is 0.177. The first-order valence-corrected chi connectivity index (χ1v) is 7.70. The van der Waals surface area contributed by atoms with Crippen LogP contribution in [0.3, 0.4) is 0 Å². The van der Waals surface area contributed by atoms with Crippen LogP contribution in [0.4, 0.5) is 13.2 Å². The number of alkyl halides is 3. The zero-order chi connectivity index (χ0) is 16.3. The molecule has 0 saturated heterocycles. The number of rotatable bonds is 5. The van der Waals surface area contributed by atoms with E-state index < -0.39 is 32.4 Å². The van der Waals surface area contributed by atoms with Crippen molar-refractivity contribution in [3.63, 3.8) is 0 Å². The zero-order valence-corrected chi connectivity index (χ0v) is 11.8. The number of benzene rings is 1. The summed E-state index contributed by atoms with van der Waals surface area (Å²) in [5.41, 5.74) is -0.922. The first-order valence-electron chi connectivity index (χ1n) is 5.81. The van der Waals surface area contributed by atoms with Gasteiger partial charge in [-0.3, -0.25) is 0 Å². The van der Waals surface area contributed by atoms with Gasteiger partial charge in [-0.05, 0) is 30.5 Å². The Bertz CT molecular complexity index is 660. The molecule has 0 amide bonds. The van der Waals surface area contributed by atoms with Crippen LogP contribution in [0.15, 0.2) is 35.2 Å². The summed E-state index contributed by atoms with van der Waals surface area (Å²) in [5.74, 6) is -1.14. The first-order chi connectivity index (χ1) is 9.51. The van der Waals surface area contributed by atoms with Crippen LogP contribution in [0.5, 0.6) is 0 Å². The van der Waals surface area contributed by atoms with Gasteiger partial charge in [0.2, 0.25) is 0 Å². The van der Waals surface area contributed by atoms with Gasteiger partial charge in [0, 0.05) is 12.3 Å². The number of aryl methyl sites for hydroxylation is 1. The Kier molecular flexibility index (Phi) is 5.16. The van der Waals surface area contributed by atoms with Gasteiger partial charge in [0.1, 0.15) is 0 Å². The largest absolute Gasteiger partial charge is 0.478 e. The summed E-state index contributed by atoms with van der Waals surface area (Å²) >= 11 is 0. The van der Waals surface area contributed by atoms with Crippen LogP contribution in [-0.2, 0) is 27.2 Å². The number of halogens is 3. The Labute approximate surface area is 119 Å². The Balaban J connectivity index is 3.09. The van der Waals surface area contributed by atoms with E-state index in [0.717, 1.165) is 18.2 Å². The molecule has 0 aliphatic heterocycles. The van der Waals surface area contributed by atoms with Gasteiger partial charge in [-0.25, -0.2) is 13.2 Å². The lowest BCUT2D eigenvalue weighted by Crippen LogP contribution is -2.13. The van der Waals surface area contributed by atoms with E-state index in [0.29, 0.717) is 6.26 Å². The molecule has 1 aromatic carbocycles. The predicted molar refractivity (Wildman–Crippen MR) is 69.7 cm³/mol. The van der Waals surface area contributed by atoms with E-state index in [2.05, 4.69) is 0 Å². The Morgan fingerprint density at radius 3 is 2.43 bits per heavy atom. The molecule has 0 aliphatic rings. The number of aliphatic carboxylic acids is 1. The Morgan fingerprint density at radius 1 is 1.33 bits per heavy atom. The van der Waals surface area contributed by atoms with E-state index in [1.165, 1.54) is 12.1 Å². The van der Waals surface area contributed by atoms with Gasteiger partial charge in [-0.2, -0.15) is 13.2 Å². The smallest absolute Gasteiger partial charge is 0.417 e. The molecule has 0 aliphatic carbocycles. The van der Waals surface area contributed by atoms with Crippen molar-refractivity contribution in [2.75, 3.05) is 6.26 Å². The highest BCUT2D eigenvalue weighted by Gasteiger charge is 2.36. The molecule has 4 nitrogen and oxygen atoms in total. The van der Waals surface area contributed by atoms with E-state index in [-0.39, 0.29) is 18.4 Å². The minimum Gasteiger partial charge on any atom is -0.478 e. The molecule has 0 saturated carbocycles. The monoisotopic (exact) mass is 322 g/mol. The maximum atomic E-state index is 12.9. The van der Waals surface area contributed by atoms with E-state index in [4.69, 9.17) is 5.11 Å². The number of hydrogen-bond donors (Lipinski definition) is 1. The van der Waals surface area contributed by atoms with Crippen molar-refractivity contribution in [2.45, 2.75) is 23.9 Å². The van der Waals surface area contributed by atoms with Gasteiger partial charge in [0.15, 0.2) is 9.84 Å². The maximum absolute atomic E-state index is 12.9. The third kappa shape index (κ3) is 5.22. The third-order valence-corrected chi connectivity index (χ3v) is 3.76. The average Bonchev–Trinajstić information content (AvgIpc) is 2.32. The SMILES string of the molecule is CS(=O)(=O)c1ccc(CC/C=C/C(=O)O)cc1C(F)(F)F. The van der Waals surface area contributed by atoms with Gasteiger partial charge >= 0.3 is 12.1 Å². The summed E-state index contributed by atoms with van der Waals surface area (Å²) in [5, 5.41) is 8.39. The topological polar surface area (TPSA) is 71.4 Å². The third-order valence-electron chi connectivity index (χ3n) is 2.61. The highest BCUT2D eigenvalue weighted by molar-refractivity contribution is 7.90. The molecule has 0 fully saturated rings.